The van der Waals surface area contributed by atoms with Gasteiger partial charge in [-0.3, -0.25) is 4.99 Å². The number of unbranched alkanes of at least 4 members (excludes halogenated alkanes) is 2. The van der Waals surface area contributed by atoms with Gasteiger partial charge in [-0.1, -0.05) is 77.8 Å². The van der Waals surface area contributed by atoms with E-state index in [2.05, 4.69) is 32.9 Å². The molecule has 3 rings (SSSR count). The maximum Gasteiger partial charge on any atom is 0.131 e. The van der Waals surface area contributed by atoms with E-state index in [1.54, 1.807) is 0 Å². The fourth-order valence-corrected chi connectivity index (χ4v) is 7.68. The van der Waals surface area contributed by atoms with Crippen molar-refractivity contribution in [2.45, 2.75) is 83.6 Å². The van der Waals surface area contributed by atoms with E-state index in [1.807, 2.05) is 32.0 Å². The van der Waals surface area contributed by atoms with E-state index in [-0.39, 0.29) is 24.3 Å². The molecule has 2 aromatic carbocycles. The Balaban J connectivity index is 2.33. The summed E-state index contributed by atoms with van der Waals surface area (Å²) < 4.78 is 16.1. The van der Waals surface area contributed by atoms with Crippen LogP contribution in [0.5, 0.6) is 0 Å². The molecule has 4 heteroatoms. The molecule has 1 N–H and O–H groups in total. The second kappa shape index (κ2) is 10.8. The molecule has 2 aromatic rings. The first-order valence-electron chi connectivity index (χ1n) is 11.8. The minimum absolute atomic E-state index is 0.00482. The third-order valence-corrected chi connectivity index (χ3v) is 8.81. The highest BCUT2D eigenvalue weighted by Gasteiger charge is 2.32. The summed E-state index contributed by atoms with van der Waals surface area (Å²) >= 11 is 0. The number of rotatable bonds is 9. The Morgan fingerprint density at radius 1 is 1.03 bits per heavy atom. The maximum atomic E-state index is 16.1. The first kappa shape index (κ1) is 24.0. The Morgan fingerprint density at radius 3 is 2.29 bits per heavy atom. The molecule has 2 nitrogen and oxygen atoms in total. The average Bonchev–Trinajstić information content (AvgIpc) is 3.21. The topological polar surface area (TPSA) is 32.6 Å². The Bertz CT molecular complexity index is 921. The Morgan fingerprint density at radius 2 is 1.71 bits per heavy atom. The van der Waals surface area contributed by atoms with Crippen molar-refractivity contribution in [2.75, 3.05) is 12.3 Å². The molecule has 0 aliphatic carbocycles. The number of thiol groups is 1. The van der Waals surface area contributed by atoms with Gasteiger partial charge in [0, 0.05) is 28.3 Å². The van der Waals surface area contributed by atoms with Crippen LogP contribution in [0.3, 0.4) is 0 Å². The molecule has 0 saturated heterocycles. The van der Waals surface area contributed by atoms with Crippen molar-refractivity contribution in [3.63, 3.8) is 0 Å². The molecular formula is C27H38FNOS. The number of aliphatic imine (C=N–C) groups is 1. The molecule has 0 saturated carbocycles. The number of halogens is 1. The van der Waals surface area contributed by atoms with E-state index < -0.39 is 10.9 Å². The monoisotopic (exact) mass is 443 g/mol. The molecule has 1 heterocycles. The lowest BCUT2D eigenvalue weighted by atomic mass is 9.85. The van der Waals surface area contributed by atoms with Crippen LogP contribution in [0.1, 0.15) is 88.8 Å². The van der Waals surface area contributed by atoms with E-state index in [0.717, 1.165) is 52.3 Å². The number of aliphatic hydroxyl groups excluding tert-OH is 1. The molecule has 1 atom stereocenters. The van der Waals surface area contributed by atoms with Gasteiger partial charge in [0.15, 0.2) is 0 Å². The molecule has 0 radical (unpaired) electrons. The van der Waals surface area contributed by atoms with Gasteiger partial charge >= 0.3 is 0 Å². The summed E-state index contributed by atoms with van der Waals surface area (Å²) in [6, 6.07) is 10.3. The predicted octanol–water partition coefficient (Wildman–Crippen LogP) is 7.58. The van der Waals surface area contributed by atoms with Crippen LogP contribution in [0.15, 0.2) is 40.2 Å². The molecule has 0 bridgehead atoms. The lowest BCUT2D eigenvalue weighted by Crippen LogP contribution is -2.14. The van der Waals surface area contributed by atoms with E-state index in [9.17, 15) is 5.11 Å². The third kappa shape index (κ3) is 4.90. The lowest BCUT2D eigenvalue weighted by molar-refractivity contribution is 0.279. The van der Waals surface area contributed by atoms with Crippen LogP contribution in [0.25, 0.3) is 11.1 Å². The van der Waals surface area contributed by atoms with E-state index in [1.165, 1.54) is 17.9 Å². The van der Waals surface area contributed by atoms with Gasteiger partial charge in [0.25, 0.3) is 0 Å². The number of hydrogen-bond donors (Lipinski definition) is 2. The molecule has 31 heavy (non-hydrogen) atoms. The standard InChI is InChI=1S/C27H38FNOS/c1-6-7-9-14-22-29-15-16-31(22)27-24(19(4)5)26(28)23(18(2)3)21(17-30)25(27)20-12-10-8-11-13-20/h8,10-13,18-19,30-31H,6-7,9,14-17H2,1-5H3. The van der Waals surface area contributed by atoms with Crippen molar-refractivity contribution in [1.29, 1.82) is 0 Å². The highest BCUT2D eigenvalue weighted by Crippen LogP contribution is 2.53. The van der Waals surface area contributed by atoms with Crippen LogP contribution in [-0.2, 0) is 6.61 Å². The molecule has 0 spiro atoms. The summed E-state index contributed by atoms with van der Waals surface area (Å²) in [6.45, 7) is 11.1. The van der Waals surface area contributed by atoms with Gasteiger partial charge in [0.1, 0.15) is 5.82 Å². The second-order valence-corrected chi connectivity index (χ2v) is 11.4. The molecule has 0 aromatic heterocycles. The Labute approximate surface area is 190 Å². The predicted molar refractivity (Wildman–Crippen MR) is 134 cm³/mol. The number of hydrogen-bond acceptors (Lipinski definition) is 2. The Kier molecular flexibility index (Phi) is 8.35. The second-order valence-electron chi connectivity index (χ2n) is 9.08. The van der Waals surface area contributed by atoms with Gasteiger partial charge in [-0.2, -0.15) is 10.9 Å². The SMILES string of the molecule is CCCCCC1=NCC[SH]1c1c(-c2ccccc2)c(CO)c(C(C)C)c(F)c1C(C)C. The molecule has 0 fully saturated rings. The van der Waals surface area contributed by atoms with Crippen LogP contribution >= 0.6 is 10.9 Å². The summed E-state index contributed by atoms with van der Waals surface area (Å²) in [4.78, 5) is 6.04. The van der Waals surface area contributed by atoms with E-state index in [4.69, 9.17) is 4.99 Å². The summed E-state index contributed by atoms with van der Waals surface area (Å²) in [5.41, 5.74) is 4.42. The van der Waals surface area contributed by atoms with Gasteiger partial charge in [-0.15, -0.1) is 0 Å². The zero-order valence-electron chi connectivity index (χ0n) is 19.7. The molecule has 1 unspecified atom stereocenters. The highest BCUT2D eigenvalue weighted by molar-refractivity contribution is 8.30. The van der Waals surface area contributed by atoms with Crippen molar-refractivity contribution < 1.29 is 9.50 Å². The molecule has 1 aliphatic heterocycles. The minimum atomic E-state index is -0.689. The van der Waals surface area contributed by atoms with Crippen LogP contribution in [-0.4, -0.2) is 22.4 Å². The fraction of sp³-hybridized carbons (Fsp3) is 0.519. The number of benzene rings is 2. The van der Waals surface area contributed by atoms with Crippen LogP contribution < -0.4 is 0 Å². The van der Waals surface area contributed by atoms with E-state index in [0.29, 0.717) is 5.56 Å². The summed E-state index contributed by atoms with van der Waals surface area (Å²) in [5, 5.41) is 11.8. The highest BCUT2D eigenvalue weighted by atomic mass is 32.2. The van der Waals surface area contributed by atoms with Gasteiger partial charge < -0.3 is 5.11 Å². The quantitative estimate of drug-likeness (QED) is 0.304. The molecular weight excluding hydrogens is 405 g/mol. The zero-order valence-corrected chi connectivity index (χ0v) is 20.6. The van der Waals surface area contributed by atoms with Crippen molar-refractivity contribution in [2.24, 2.45) is 4.99 Å². The molecule has 170 valence electrons. The smallest absolute Gasteiger partial charge is 0.131 e. The van der Waals surface area contributed by atoms with Gasteiger partial charge in [-0.25, -0.2) is 4.39 Å². The van der Waals surface area contributed by atoms with Gasteiger partial charge in [-0.05, 0) is 41.4 Å². The van der Waals surface area contributed by atoms with Crippen molar-refractivity contribution >= 4 is 15.9 Å². The summed E-state index contributed by atoms with van der Waals surface area (Å²) in [6.07, 6.45) is 4.54. The fourth-order valence-electron chi connectivity index (χ4n) is 4.76. The van der Waals surface area contributed by atoms with E-state index >= 15 is 4.39 Å². The van der Waals surface area contributed by atoms with Gasteiger partial charge in [0.05, 0.1) is 11.7 Å². The average molecular weight is 444 g/mol. The normalized spacial score (nSPS) is 17.6. The molecule has 0 amide bonds. The first-order chi connectivity index (χ1) is 14.9. The summed E-state index contributed by atoms with van der Waals surface area (Å²) in [7, 11) is -0.689. The van der Waals surface area contributed by atoms with Crippen LogP contribution in [0, 0.1) is 5.82 Å². The zero-order chi connectivity index (χ0) is 22.5. The van der Waals surface area contributed by atoms with Crippen molar-refractivity contribution in [3.8, 4) is 11.1 Å². The van der Waals surface area contributed by atoms with Crippen LogP contribution in [0.2, 0.25) is 0 Å². The number of aliphatic hydroxyl groups is 1. The van der Waals surface area contributed by atoms with Crippen molar-refractivity contribution in [3.05, 3.63) is 52.8 Å². The van der Waals surface area contributed by atoms with Crippen LogP contribution in [0.4, 0.5) is 4.39 Å². The largest absolute Gasteiger partial charge is 0.392 e. The van der Waals surface area contributed by atoms with Gasteiger partial charge in [0.2, 0.25) is 0 Å². The summed E-state index contributed by atoms with van der Waals surface area (Å²) in [5.74, 6) is 0.959. The third-order valence-electron chi connectivity index (χ3n) is 6.17. The molecule has 1 aliphatic rings. The lowest BCUT2D eigenvalue weighted by Gasteiger charge is -2.31. The number of nitrogens with zero attached hydrogens (tertiary/aromatic N) is 1. The first-order valence-corrected chi connectivity index (χ1v) is 13.3. The minimum Gasteiger partial charge on any atom is -0.392 e. The Hall–Kier alpha value is -1.65. The maximum absolute atomic E-state index is 16.1. The van der Waals surface area contributed by atoms with Crippen molar-refractivity contribution in [1.82, 2.24) is 0 Å².